The highest BCUT2D eigenvalue weighted by Crippen LogP contribution is 2.23. The molecule has 0 atom stereocenters. The molecule has 0 aromatic heterocycles. The minimum Gasteiger partial charge on any atom is -0.444 e. The molecular formula is C13H26N2O3. The number of carbonyl (C=O) groups excluding carboxylic acids is 1. The Labute approximate surface area is 110 Å². The van der Waals surface area contributed by atoms with E-state index >= 15 is 0 Å². The summed E-state index contributed by atoms with van der Waals surface area (Å²) in [4.78, 5) is 16.1. The summed E-state index contributed by atoms with van der Waals surface area (Å²) in [7, 11) is 0. The third kappa shape index (κ3) is 4.14. The summed E-state index contributed by atoms with van der Waals surface area (Å²) in [5, 5.41) is 8.97. The average Bonchev–Trinajstić information content (AvgIpc) is 2.13. The maximum atomic E-state index is 12.1. The van der Waals surface area contributed by atoms with Gasteiger partial charge in [0.1, 0.15) is 5.60 Å². The molecule has 1 N–H and O–H groups in total. The van der Waals surface area contributed by atoms with Crippen LogP contribution in [0.5, 0.6) is 0 Å². The van der Waals surface area contributed by atoms with E-state index in [2.05, 4.69) is 4.90 Å². The summed E-state index contributed by atoms with van der Waals surface area (Å²) in [5.74, 6) is 0. The Hall–Kier alpha value is -0.810. The van der Waals surface area contributed by atoms with Gasteiger partial charge in [-0.25, -0.2) is 4.79 Å². The molecule has 0 bridgehead atoms. The largest absolute Gasteiger partial charge is 0.444 e. The van der Waals surface area contributed by atoms with E-state index in [4.69, 9.17) is 9.84 Å². The lowest BCUT2D eigenvalue weighted by molar-refractivity contribution is -0.0248. The van der Waals surface area contributed by atoms with Crippen LogP contribution in [0.25, 0.3) is 0 Å². The van der Waals surface area contributed by atoms with Crippen molar-refractivity contribution in [2.24, 2.45) is 0 Å². The first-order chi connectivity index (χ1) is 8.15. The SMILES string of the molecule is CC(C)(C)OC(=O)N1CCN(CCO)CC1(C)C. The van der Waals surface area contributed by atoms with Crippen molar-refractivity contribution < 1.29 is 14.6 Å². The summed E-state index contributed by atoms with van der Waals surface area (Å²) in [6.45, 7) is 12.7. The third-order valence-corrected chi connectivity index (χ3v) is 3.01. The molecule has 0 radical (unpaired) electrons. The van der Waals surface area contributed by atoms with Crippen molar-refractivity contribution in [1.82, 2.24) is 9.80 Å². The average molecular weight is 258 g/mol. The minimum atomic E-state index is -0.463. The van der Waals surface area contributed by atoms with Crippen LogP contribution in [0.4, 0.5) is 4.79 Å². The Morgan fingerprint density at radius 1 is 1.33 bits per heavy atom. The summed E-state index contributed by atoms with van der Waals surface area (Å²) >= 11 is 0. The highest BCUT2D eigenvalue weighted by molar-refractivity contribution is 5.69. The summed E-state index contributed by atoms with van der Waals surface area (Å²) < 4.78 is 5.43. The van der Waals surface area contributed by atoms with Crippen molar-refractivity contribution in [3.8, 4) is 0 Å². The van der Waals surface area contributed by atoms with Gasteiger partial charge in [0.05, 0.1) is 12.1 Å². The molecule has 1 rings (SSSR count). The topological polar surface area (TPSA) is 53.0 Å². The predicted octanol–water partition coefficient (Wildman–Crippen LogP) is 1.31. The van der Waals surface area contributed by atoms with Crippen LogP contribution in [-0.4, -0.2) is 64.9 Å². The summed E-state index contributed by atoms with van der Waals surface area (Å²) in [6.07, 6.45) is -0.254. The van der Waals surface area contributed by atoms with Crippen LogP contribution in [0.15, 0.2) is 0 Å². The molecule has 5 heteroatoms. The van der Waals surface area contributed by atoms with Crippen LogP contribution < -0.4 is 0 Å². The Morgan fingerprint density at radius 2 is 1.94 bits per heavy atom. The molecule has 18 heavy (non-hydrogen) atoms. The number of hydrogen-bond acceptors (Lipinski definition) is 4. The second-order valence-electron chi connectivity index (χ2n) is 6.44. The fourth-order valence-corrected chi connectivity index (χ4v) is 2.24. The van der Waals surface area contributed by atoms with Crippen LogP contribution in [0.1, 0.15) is 34.6 Å². The highest BCUT2D eigenvalue weighted by Gasteiger charge is 2.38. The van der Waals surface area contributed by atoms with Crippen LogP contribution >= 0.6 is 0 Å². The van der Waals surface area contributed by atoms with Crippen LogP contribution in [-0.2, 0) is 4.74 Å². The van der Waals surface area contributed by atoms with Crippen molar-refractivity contribution in [1.29, 1.82) is 0 Å². The molecule has 1 aliphatic rings. The van der Waals surface area contributed by atoms with Gasteiger partial charge >= 0.3 is 6.09 Å². The Bertz CT molecular complexity index is 297. The predicted molar refractivity (Wildman–Crippen MR) is 70.5 cm³/mol. The maximum Gasteiger partial charge on any atom is 0.410 e. The van der Waals surface area contributed by atoms with Gasteiger partial charge in [-0.1, -0.05) is 0 Å². The molecular weight excluding hydrogens is 232 g/mol. The number of ether oxygens (including phenoxy) is 1. The van der Waals surface area contributed by atoms with Crippen molar-refractivity contribution in [3.05, 3.63) is 0 Å². The minimum absolute atomic E-state index is 0.155. The lowest BCUT2D eigenvalue weighted by Gasteiger charge is -2.46. The molecule has 106 valence electrons. The maximum absolute atomic E-state index is 12.1. The monoisotopic (exact) mass is 258 g/mol. The number of rotatable bonds is 2. The number of piperazine rings is 1. The second kappa shape index (κ2) is 5.45. The van der Waals surface area contributed by atoms with E-state index in [1.54, 1.807) is 4.90 Å². The highest BCUT2D eigenvalue weighted by atomic mass is 16.6. The number of hydrogen-bond donors (Lipinski definition) is 1. The Morgan fingerprint density at radius 3 is 2.39 bits per heavy atom. The number of aliphatic hydroxyl groups excluding tert-OH is 1. The molecule has 1 amide bonds. The zero-order chi connectivity index (χ0) is 14.0. The smallest absolute Gasteiger partial charge is 0.410 e. The first kappa shape index (κ1) is 15.2. The molecule has 1 aliphatic heterocycles. The fourth-order valence-electron chi connectivity index (χ4n) is 2.24. The third-order valence-electron chi connectivity index (χ3n) is 3.01. The summed E-state index contributed by atoms with van der Waals surface area (Å²) in [6, 6.07) is 0. The Balaban J connectivity index is 2.65. The van der Waals surface area contributed by atoms with Crippen molar-refractivity contribution in [2.75, 3.05) is 32.8 Å². The fraction of sp³-hybridized carbons (Fsp3) is 0.923. The van der Waals surface area contributed by atoms with E-state index < -0.39 is 5.60 Å². The second-order valence-corrected chi connectivity index (χ2v) is 6.44. The number of aliphatic hydroxyl groups is 1. The first-order valence-corrected chi connectivity index (χ1v) is 6.49. The lowest BCUT2D eigenvalue weighted by atomic mass is 9.99. The molecule has 1 saturated heterocycles. The number of β-amino-alcohol motifs (C(OH)–C–C–N with tert-alkyl or cyclic N) is 1. The van der Waals surface area contributed by atoms with E-state index in [1.165, 1.54) is 0 Å². The number of nitrogens with zero attached hydrogens (tertiary/aromatic N) is 2. The van der Waals surface area contributed by atoms with Crippen molar-refractivity contribution in [2.45, 2.75) is 45.8 Å². The van der Waals surface area contributed by atoms with E-state index in [1.807, 2.05) is 34.6 Å². The van der Waals surface area contributed by atoms with E-state index in [0.717, 1.165) is 13.1 Å². The molecule has 0 aliphatic carbocycles. The van der Waals surface area contributed by atoms with Gasteiger partial charge in [0.25, 0.3) is 0 Å². The van der Waals surface area contributed by atoms with Gasteiger partial charge in [-0.3, -0.25) is 4.90 Å². The van der Waals surface area contributed by atoms with Gasteiger partial charge < -0.3 is 14.7 Å². The Kier molecular flexibility index (Phi) is 4.61. The molecule has 1 fully saturated rings. The van der Waals surface area contributed by atoms with Gasteiger partial charge in [-0.05, 0) is 34.6 Å². The van der Waals surface area contributed by atoms with E-state index in [0.29, 0.717) is 13.1 Å². The van der Waals surface area contributed by atoms with Crippen molar-refractivity contribution >= 4 is 6.09 Å². The van der Waals surface area contributed by atoms with Gasteiger partial charge in [0.15, 0.2) is 0 Å². The standard InChI is InChI=1S/C13H26N2O3/c1-12(2,3)18-11(17)15-7-6-14(8-9-16)10-13(15,4)5/h16H,6-10H2,1-5H3. The molecule has 5 nitrogen and oxygen atoms in total. The van der Waals surface area contributed by atoms with Gasteiger partial charge in [0.2, 0.25) is 0 Å². The lowest BCUT2D eigenvalue weighted by Crippen LogP contribution is -2.61. The number of amides is 1. The molecule has 0 aromatic rings. The van der Waals surface area contributed by atoms with E-state index in [9.17, 15) is 4.79 Å². The molecule has 0 unspecified atom stereocenters. The molecule has 0 saturated carbocycles. The molecule has 0 aromatic carbocycles. The van der Waals surface area contributed by atoms with Crippen LogP contribution in [0, 0.1) is 0 Å². The summed E-state index contributed by atoms with van der Waals surface area (Å²) in [5.41, 5.74) is -0.731. The first-order valence-electron chi connectivity index (χ1n) is 6.49. The van der Waals surface area contributed by atoms with Crippen LogP contribution in [0.2, 0.25) is 0 Å². The van der Waals surface area contributed by atoms with Crippen molar-refractivity contribution in [3.63, 3.8) is 0 Å². The molecule has 1 heterocycles. The van der Waals surface area contributed by atoms with E-state index in [-0.39, 0.29) is 18.2 Å². The van der Waals surface area contributed by atoms with Gasteiger partial charge in [-0.15, -0.1) is 0 Å². The number of carbonyl (C=O) groups is 1. The quantitative estimate of drug-likeness (QED) is 0.811. The van der Waals surface area contributed by atoms with Crippen LogP contribution in [0.3, 0.4) is 0 Å². The van der Waals surface area contributed by atoms with Gasteiger partial charge in [0, 0.05) is 26.2 Å². The normalized spacial score (nSPS) is 20.9. The van der Waals surface area contributed by atoms with Gasteiger partial charge in [-0.2, -0.15) is 0 Å². The molecule has 0 spiro atoms. The zero-order valence-corrected chi connectivity index (χ0v) is 12.2. The zero-order valence-electron chi connectivity index (χ0n) is 12.2.